The summed E-state index contributed by atoms with van der Waals surface area (Å²) in [6, 6.07) is 6.22. The number of nitrogens with zero attached hydrogens (tertiary/aromatic N) is 1. The summed E-state index contributed by atoms with van der Waals surface area (Å²) in [7, 11) is 0. The Morgan fingerprint density at radius 3 is 2.33 bits per heavy atom. The van der Waals surface area contributed by atoms with Gasteiger partial charge in [-0.15, -0.1) is 0 Å². The molecule has 1 amide bonds. The third-order valence-electron chi connectivity index (χ3n) is 3.08. The van der Waals surface area contributed by atoms with Crippen molar-refractivity contribution in [3.63, 3.8) is 0 Å². The molecule has 0 radical (unpaired) electrons. The van der Waals surface area contributed by atoms with Crippen LogP contribution in [0.2, 0.25) is 0 Å². The first-order chi connectivity index (χ1) is 8.67. The van der Waals surface area contributed by atoms with E-state index in [1.165, 1.54) is 17.3 Å². The second kappa shape index (κ2) is 5.04. The van der Waals surface area contributed by atoms with E-state index in [2.05, 4.69) is 42.0 Å². The zero-order valence-electron chi connectivity index (χ0n) is 10.7. The number of nitrogens with two attached hydrogens (primary N) is 1. The number of aromatic amines is 1. The predicted octanol–water partition coefficient (Wildman–Crippen LogP) is 2.30. The van der Waals surface area contributed by atoms with Crippen molar-refractivity contribution >= 4 is 5.91 Å². The molecule has 3 N–H and O–H groups in total. The highest BCUT2D eigenvalue weighted by atomic mass is 16.1. The molecule has 0 aliphatic heterocycles. The Labute approximate surface area is 106 Å². The Balaban J connectivity index is 2.57. The van der Waals surface area contributed by atoms with E-state index in [-0.39, 0.29) is 0 Å². The van der Waals surface area contributed by atoms with Crippen LogP contribution in [0.3, 0.4) is 0 Å². The number of benzene rings is 1. The van der Waals surface area contributed by atoms with Gasteiger partial charge in [0, 0.05) is 5.56 Å². The summed E-state index contributed by atoms with van der Waals surface area (Å²) in [6.45, 7) is 4.21. The normalized spacial score (nSPS) is 10.6. The highest BCUT2D eigenvalue weighted by Gasteiger charge is 2.13. The summed E-state index contributed by atoms with van der Waals surface area (Å²) in [5.41, 5.74) is 9.12. The van der Waals surface area contributed by atoms with Crippen molar-refractivity contribution in [2.45, 2.75) is 26.7 Å². The minimum absolute atomic E-state index is 0.345. The first kappa shape index (κ1) is 12.4. The van der Waals surface area contributed by atoms with Crippen LogP contribution in [-0.2, 0) is 12.8 Å². The van der Waals surface area contributed by atoms with E-state index in [4.69, 9.17) is 5.73 Å². The molecule has 2 rings (SSSR count). The van der Waals surface area contributed by atoms with Crippen LogP contribution in [0, 0.1) is 0 Å². The molecular formula is C14H17N3O. The number of rotatable bonds is 4. The van der Waals surface area contributed by atoms with E-state index in [1.807, 2.05) is 0 Å². The molecule has 2 aromatic rings. The summed E-state index contributed by atoms with van der Waals surface area (Å²) in [5.74, 6) is 0.235. The number of aryl methyl sites for hydroxylation is 2. The van der Waals surface area contributed by atoms with E-state index in [0.717, 1.165) is 24.2 Å². The SMILES string of the molecule is CCc1cccc(CC)c1-c1ncc(C(N)=O)[nH]1. The lowest BCUT2D eigenvalue weighted by Crippen LogP contribution is -2.11. The number of H-pyrrole nitrogens is 1. The molecule has 0 aliphatic rings. The molecule has 0 spiro atoms. The van der Waals surface area contributed by atoms with Gasteiger partial charge in [0.25, 0.3) is 5.91 Å². The van der Waals surface area contributed by atoms with Crippen molar-refractivity contribution in [2.24, 2.45) is 5.73 Å². The van der Waals surface area contributed by atoms with Crippen LogP contribution >= 0.6 is 0 Å². The Hall–Kier alpha value is -2.10. The van der Waals surface area contributed by atoms with Crippen LogP contribution in [0.15, 0.2) is 24.4 Å². The average molecular weight is 243 g/mol. The first-order valence-electron chi connectivity index (χ1n) is 6.13. The van der Waals surface area contributed by atoms with Crippen molar-refractivity contribution in [3.05, 3.63) is 41.2 Å². The van der Waals surface area contributed by atoms with Crippen molar-refractivity contribution in [3.8, 4) is 11.4 Å². The molecule has 0 saturated heterocycles. The van der Waals surface area contributed by atoms with Crippen LogP contribution < -0.4 is 5.73 Å². The molecule has 1 heterocycles. The van der Waals surface area contributed by atoms with Crippen LogP contribution in [0.4, 0.5) is 0 Å². The second-order valence-corrected chi connectivity index (χ2v) is 4.17. The number of imidazole rings is 1. The Morgan fingerprint density at radius 1 is 1.28 bits per heavy atom. The van der Waals surface area contributed by atoms with Gasteiger partial charge in [0.15, 0.2) is 0 Å². The number of nitrogens with one attached hydrogen (secondary N) is 1. The third kappa shape index (κ3) is 2.14. The van der Waals surface area contributed by atoms with Crippen molar-refractivity contribution in [2.75, 3.05) is 0 Å². The fourth-order valence-electron chi connectivity index (χ4n) is 2.12. The van der Waals surface area contributed by atoms with Crippen molar-refractivity contribution < 1.29 is 4.79 Å². The molecule has 94 valence electrons. The maximum Gasteiger partial charge on any atom is 0.266 e. The minimum atomic E-state index is -0.485. The van der Waals surface area contributed by atoms with Gasteiger partial charge < -0.3 is 10.7 Å². The van der Waals surface area contributed by atoms with Gasteiger partial charge in [0.05, 0.1) is 6.20 Å². The zero-order valence-corrected chi connectivity index (χ0v) is 10.7. The molecule has 1 aromatic heterocycles. The lowest BCUT2D eigenvalue weighted by Gasteiger charge is -2.10. The molecule has 0 aliphatic carbocycles. The fraction of sp³-hybridized carbons (Fsp3) is 0.286. The first-order valence-corrected chi connectivity index (χ1v) is 6.13. The summed E-state index contributed by atoms with van der Waals surface area (Å²) >= 11 is 0. The molecular weight excluding hydrogens is 226 g/mol. The van der Waals surface area contributed by atoms with Crippen molar-refractivity contribution in [1.82, 2.24) is 9.97 Å². The monoisotopic (exact) mass is 243 g/mol. The number of carbonyl (C=O) groups excluding carboxylic acids is 1. The van der Waals surface area contributed by atoms with Gasteiger partial charge in [-0.1, -0.05) is 32.0 Å². The standard InChI is InChI=1S/C14H17N3O/c1-3-9-6-5-7-10(4-2)12(9)14-16-8-11(17-14)13(15)18/h5-8H,3-4H2,1-2H3,(H2,15,18)(H,16,17). The van der Waals surface area contributed by atoms with Crippen LogP contribution in [-0.4, -0.2) is 15.9 Å². The highest BCUT2D eigenvalue weighted by molar-refractivity contribution is 5.91. The van der Waals surface area contributed by atoms with Gasteiger partial charge >= 0.3 is 0 Å². The molecule has 0 atom stereocenters. The molecule has 0 bridgehead atoms. The number of hydrogen-bond acceptors (Lipinski definition) is 2. The number of aromatic nitrogens is 2. The Kier molecular flexibility index (Phi) is 3.46. The van der Waals surface area contributed by atoms with E-state index in [1.54, 1.807) is 0 Å². The largest absolute Gasteiger partial charge is 0.364 e. The molecule has 4 heteroatoms. The molecule has 0 unspecified atom stereocenters. The number of amides is 1. The van der Waals surface area contributed by atoms with Crippen LogP contribution in [0.25, 0.3) is 11.4 Å². The van der Waals surface area contributed by atoms with Gasteiger partial charge in [-0.2, -0.15) is 0 Å². The van der Waals surface area contributed by atoms with Crippen molar-refractivity contribution in [1.29, 1.82) is 0 Å². The Bertz CT molecular complexity index is 550. The fourth-order valence-corrected chi connectivity index (χ4v) is 2.12. The predicted molar refractivity (Wildman–Crippen MR) is 71.3 cm³/mol. The molecule has 4 nitrogen and oxygen atoms in total. The summed E-state index contributed by atoms with van der Waals surface area (Å²) in [4.78, 5) is 18.4. The highest BCUT2D eigenvalue weighted by Crippen LogP contribution is 2.26. The summed E-state index contributed by atoms with van der Waals surface area (Å²) in [5, 5.41) is 0. The third-order valence-corrected chi connectivity index (χ3v) is 3.08. The Morgan fingerprint density at radius 2 is 1.89 bits per heavy atom. The molecule has 1 aromatic carbocycles. The van der Waals surface area contributed by atoms with Gasteiger partial charge in [-0.3, -0.25) is 4.79 Å². The summed E-state index contributed by atoms with van der Waals surface area (Å²) < 4.78 is 0. The van der Waals surface area contributed by atoms with E-state index in [0.29, 0.717) is 5.69 Å². The summed E-state index contributed by atoms with van der Waals surface area (Å²) in [6.07, 6.45) is 3.34. The smallest absolute Gasteiger partial charge is 0.266 e. The van der Waals surface area contributed by atoms with E-state index >= 15 is 0 Å². The minimum Gasteiger partial charge on any atom is -0.364 e. The van der Waals surface area contributed by atoms with E-state index < -0.39 is 5.91 Å². The lowest BCUT2D eigenvalue weighted by molar-refractivity contribution is 0.0996. The van der Waals surface area contributed by atoms with Gasteiger partial charge in [-0.05, 0) is 24.0 Å². The quantitative estimate of drug-likeness (QED) is 0.864. The van der Waals surface area contributed by atoms with E-state index in [9.17, 15) is 4.79 Å². The number of hydrogen-bond donors (Lipinski definition) is 2. The lowest BCUT2D eigenvalue weighted by atomic mass is 9.97. The topological polar surface area (TPSA) is 71.8 Å². The molecule has 18 heavy (non-hydrogen) atoms. The van der Waals surface area contributed by atoms with Gasteiger partial charge in [0.2, 0.25) is 0 Å². The average Bonchev–Trinajstić information content (AvgIpc) is 2.87. The van der Waals surface area contributed by atoms with Crippen LogP contribution in [0.5, 0.6) is 0 Å². The van der Waals surface area contributed by atoms with Crippen LogP contribution in [0.1, 0.15) is 35.5 Å². The zero-order chi connectivity index (χ0) is 13.1. The second-order valence-electron chi connectivity index (χ2n) is 4.17. The van der Waals surface area contributed by atoms with Gasteiger partial charge in [0.1, 0.15) is 11.5 Å². The maximum absolute atomic E-state index is 11.1. The van der Waals surface area contributed by atoms with Gasteiger partial charge in [-0.25, -0.2) is 4.98 Å². The number of carbonyl (C=O) groups is 1. The maximum atomic E-state index is 11.1. The molecule has 0 fully saturated rings. The molecule has 0 saturated carbocycles. The number of primary amides is 1.